The summed E-state index contributed by atoms with van der Waals surface area (Å²) in [5.41, 5.74) is 0.345. The fraction of sp³-hybridized carbons (Fsp3) is 0.368. The van der Waals surface area contributed by atoms with Gasteiger partial charge in [0.1, 0.15) is 18.2 Å². The summed E-state index contributed by atoms with van der Waals surface area (Å²) in [6, 6.07) is 8.73. The molecule has 0 saturated carbocycles. The fourth-order valence-electron chi connectivity index (χ4n) is 2.39. The molecule has 0 amide bonds. The molecule has 26 heavy (non-hydrogen) atoms. The van der Waals surface area contributed by atoms with Crippen LogP contribution in [-0.2, 0) is 22.5 Å². The standard InChI is InChI=1S/C19H22FNO5/c1-13(2)26-17(19(23)24)11-14-7-8-21(18(22)12-14)9-10-25-16-5-3-15(20)4-6-16/h3-8,12-13,17H,9-11H2,1-2H3,(H,23,24). The van der Waals surface area contributed by atoms with E-state index in [2.05, 4.69) is 0 Å². The summed E-state index contributed by atoms with van der Waals surface area (Å²) < 4.78 is 25.1. The molecule has 0 saturated heterocycles. The lowest BCUT2D eigenvalue weighted by molar-refractivity contribution is -0.153. The molecule has 0 aliphatic rings. The van der Waals surface area contributed by atoms with Gasteiger partial charge in [0.15, 0.2) is 6.10 Å². The normalized spacial score (nSPS) is 12.2. The highest BCUT2D eigenvalue weighted by atomic mass is 19.1. The van der Waals surface area contributed by atoms with E-state index < -0.39 is 12.1 Å². The number of halogens is 1. The molecule has 2 rings (SSSR count). The second-order valence-corrected chi connectivity index (χ2v) is 6.08. The largest absolute Gasteiger partial charge is 0.492 e. The molecule has 6 nitrogen and oxygen atoms in total. The van der Waals surface area contributed by atoms with E-state index in [1.54, 1.807) is 26.1 Å². The zero-order valence-electron chi connectivity index (χ0n) is 14.7. The quantitative estimate of drug-likeness (QED) is 0.741. The summed E-state index contributed by atoms with van der Waals surface area (Å²) in [5.74, 6) is -0.882. The first kappa shape index (κ1) is 19.7. The minimum Gasteiger partial charge on any atom is -0.492 e. The highest BCUT2D eigenvalue weighted by Crippen LogP contribution is 2.11. The Labute approximate surface area is 150 Å². The zero-order chi connectivity index (χ0) is 19.1. The number of carboxylic acid groups (broad SMARTS) is 1. The van der Waals surface area contributed by atoms with Gasteiger partial charge >= 0.3 is 5.97 Å². The zero-order valence-corrected chi connectivity index (χ0v) is 14.7. The van der Waals surface area contributed by atoms with Crippen LogP contribution in [-0.4, -0.2) is 34.5 Å². The van der Waals surface area contributed by atoms with E-state index in [-0.39, 0.29) is 30.5 Å². The van der Waals surface area contributed by atoms with Crippen molar-refractivity contribution in [3.63, 3.8) is 0 Å². The molecule has 1 unspecified atom stereocenters. The SMILES string of the molecule is CC(C)OC(Cc1ccn(CCOc2ccc(F)cc2)c(=O)c1)C(=O)O. The number of nitrogens with zero attached hydrogens (tertiary/aromatic N) is 1. The summed E-state index contributed by atoms with van der Waals surface area (Å²) in [5, 5.41) is 9.20. The van der Waals surface area contributed by atoms with Gasteiger partial charge in [-0.25, -0.2) is 9.18 Å². The van der Waals surface area contributed by atoms with Crippen molar-refractivity contribution in [3.8, 4) is 5.75 Å². The van der Waals surface area contributed by atoms with E-state index >= 15 is 0 Å². The van der Waals surface area contributed by atoms with Crippen molar-refractivity contribution in [1.82, 2.24) is 4.57 Å². The number of aliphatic carboxylic acids is 1. The second-order valence-electron chi connectivity index (χ2n) is 6.08. The predicted octanol–water partition coefficient (Wildman–Crippen LogP) is 2.49. The van der Waals surface area contributed by atoms with Crippen molar-refractivity contribution in [3.05, 3.63) is 64.3 Å². The molecule has 1 aromatic heterocycles. The molecular formula is C19H22FNO5. The number of pyridine rings is 1. The minimum absolute atomic E-state index is 0.121. The molecule has 140 valence electrons. The van der Waals surface area contributed by atoms with Crippen molar-refractivity contribution >= 4 is 5.97 Å². The van der Waals surface area contributed by atoms with E-state index in [9.17, 15) is 19.1 Å². The Balaban J connectivity index is 1.94. The molecule has 0 aliphatic carbocycles. The van der Waals surface area contributed by atoms with Gasteiger partial charge < -0.3 is 19.1 Å². The molecule has 1 N–H and O–H groups in total. The third-order valence-corrected chi connectivity index (χ3v) is 3.61. The summed E-state index contributed by atoms with van der Waals surface area (Å²) in [7, 11) is 0. The van der Waals surface area contributed by atoms with Gasteiger partial charge in [0.2, 0.25) is 0 Å². The van der Waals surface area contributed by atoms with Crippen LogP contribution in [0.25, 0.3) is 0 Å². The maximum absolute atomic E-state index is 12.8. The Morgan fingerprint density at radius 2 is 1.92 bits per heavy atom. The van der Waals surface area contributed by atoms with Crippen LogP contribution >= 0.6 is 0 Å². The Kier molecular flexibility index (Phi) is 6.91. The monoisotopic (exact) mass is 363 g/mol. The molecule has 1 heterocycles. The van der Waals surface area contributed by atoms with Crippen LogP contribution in [0.2, 0.25) is 0 Å². The van der Waals surface area contributed by atoms with Gasteiger partial charge in [0.05, 0.1) is 12.6 Å². The predicted molar refractivity (Wildman–Crippen MR) is 93.9 cm³/mol. The highest BCUT2D eigenvalue weighted by molar-refractivity contribution is 5.72. The first-order valence-electron chi connectivity index (χ1n) is 8.31. The summed E-state index contributed by atoms with van der Waals surface area (Å²) >= 11 is 0. The molecule has 7 heteroatoms. The molecule has 0 fully saturated rings. The number of carbonyl (C=O) groups is 1. The number of rotatable bonds is 9. The van der Waals surface area contributed by atoms with E-state index in [4.69, 9.17) is 9.47 Å². The number of benzene rings is 1. The molecule has 2 aromatic rings. The van der Waals surface area contributed by atoms with Crippen molar-refractivity contribution in [2.24, 2.45) is 0 Å². The highest BCUT2D eigenvalue weighted by Gasteiger charge is 2.20. The molecular weight excluding hydrogens is 341 g/mol. The van der Waals surface area contributed by atoms with Gasteiger partial charge in [-0.1, -0.05) is 0 Å². The smallest absolute Gasteiger partial charge is 0.333 e. The van der Waals surface area contributed by atoms with Crippen molar-refractivity contribution in [2.45, 2.75) is 39.0 Å². The average molecular weight is 363 g/mol. The van der Waals surface area contributed by atoms with Crippen LogP contribution in [0.1, 0.15) is 19.4 Å². The van der Waals surface area contributed by atoms with Crippen LogP contribution in [0, 0.1) is 5.82 Å². The molecule has 0 aliphatic heterocycles. The van der Waals surface area contributed by atoms with Crippen LogP contribution in [0.3, 0.4) is 0 Å². The fourth-order valence-corrected chi connectivity index (χ4v) is 2.39. The van der Waals surface area contributed by atoms with Gasteiger partial charge in [0.25, 0.3) is 5.56 Å². The molecule has 0 spiro atoms. The topological polar surface area (TPSA) is 77.8 Å². The molecule has 1 aromatic carbocycles. The van der Waals surface area contributed by atoms with E-state index in [0.717, 1.165) is 0 Å². The summed E-state index contributed by atoms with van der Waals surface area (Å²) in [6.07, 6.45) is 0.502. The molecule has 0 radical (unpaired) electrons. The number of hydrogen-bond donors (Lipinski definition) is 1. The average Bonchev–Trinajstić information content (AvgIpc) is 2.57. The van der Waals surface area contributed by atoms with Crippen LogP contribution in [0.4, 0.5) is 4.39 Å². The summed E-state index contributed by atoms with van der Waals surface area (Å²) in [6.45, 7) is 4.09. The van der Waals surface area contributed by atoms with Gasteiger partial charge in [0, 0.05) is 18.7 Å². The van der Waals surface area contributed by atoms with Crippen LogP contribution in [0.15, 0.2) is 47.4 Å². The number of aromatic nitrogens is 1. The first-order valence-corrected chi connectivity index (χ1v) is 8.31. The number of hydrogen-bond acceptors (Lipinski definition) is 4. The lowest BCUT2D eigenvalue weighted by atomic mass is 10.1. The number of carboxylic acids is 1. The van der Waals surface area contributed by atoms with E-state index in [0.29, 0.717) is 17.9 Å². The summed E-state index contributed by atoms with van der Waals surface area (Å²) in [4.78, 5) is 23.4. The van der Waals surface area contributed by atoms with Gasteiger partial charge in [-0.15, -0.1) is 0 Å². The Morgan fingerprint density at radius 1 is 1.23 bits per heavy atom. The van der Waals surface area contributed by atoms with Crippen LogP contribution < -0.4 is 10.3 Å². The Morgan fingerprint density at radius 3 is 2.50 bits per heavy atom. The minimum atomic E-state index is -1.06. The van der Waals surface area contributed by atoms with Crippen molar-refractivity contribution < 1.29 is 23.8 Å². The third kappa shape index (κ3) is 6.00. The van der Waals surface area contributed by atoms with Crippen molar-refractivity contribution in [1.29, 1.82) is 0 Å². The van der Waals surface area contributed by atoms with Gasteiger partial charge in [-0.3, -0.25) is 4.79 Å². The third-order valence-electron chi connectivity index (χ3n) is 3.61. The Bertz CT molecular complexity index is 785. The van der Waals surface area contributed by atoms with E-state index in [1.165, 1.54) is 34.9 Å². The number of ether oxygens (including phenoxy) is 2. The Hall–Kier alpha value is -2.67. The van der Waals surface area contributed by atoms with Crippen LogP contribution in [0.5, 0.6) is 5.75 Å². The maximum Gasteiger partial charge on any atom is 0.333 e. The lowest BCUT2D eigenvalue weighted by Gasteiger charge is -2.16. The van der Waals surface area contributed by atoms with Crippen molar-refractivity contribution in [2.75, 3.05) is 6.61 Å². The molecule has 1 atom stereocenters. The van der Waals surface area contributed by atoms with Gasteiger partial charge in [-0.2, -0.15) is 0 Å². The molecule has 0 bridgehead atoms. The maximum atomic E-state index is 12.8. The first-order chi connectivity index (χ1) is 12.3. The van der Waals surface area contributed by atoms with Gasteiger partial charge in [-0.05, 0) is 49.7 Å². The lowest BCUT2D eigenvalue weighted by Crippen LogP contribution is -2.30. The van der Waals surface area contributed by atoms with E-state index in [1.807, 2.05) is 0 Å². The second kappa shape index (κ2) is 9.15.